The maximum Gasteiger partial charge on any atom is 0.00415 e. The molecule has 0 spiro atoms. The van der Waals surface area contributed by atoms with Gasteiger partial charge in [-0.15, -0.1) is 0 Å². The van der Waals surface area contributed by atoms with Gasteiger partial charge in [0.1, 0.15) is 0 Å². The number of nitrogens with zero attached hydrogens (tertiary/aromatic N) is 1. The van der Waals surface area contributed by atoms with Gasteiger partial charge >= 0.3 is 0 Å². The molecule has 0 aliphatic rings. The van der Waals surface area contributed by atoms with Crippen LogP contribution in [0.15, 0.2) is 0 Å². The van der Waals surface area contributed by atoms with Gasteiger partial charge in [-0.05, 0) is 19.5 Å². The first-order chi connectivity index (χ1) is 3.81. The summed E-state index contributed by atoms with van der Waals surface area (Å²) in [5.74, 6) is 0. The van der Waals surface area contributed by atoms with Gasteiger partial charge in [0.05, 0.1) is 0 Å². The van der Waals surface area contributed by atoms with Crippen LogP contribution in [0.3, 0.4) is 0 Å². The molecule has 0 saturated heterocycles. The molecule has 0 aliphatic heterocycles. The molecule has 0 atom stereocenters. The van der Waals surface area contributed by atoms with E-state index in [-0.39, 0.29) is 0 Å². The minimum Gasteiger partial charge on any atom is -0.785 e. The quantitative estimate of drug-likeness (QED) is 0.533. The van der Waals surface area contributed by atoms with E-state index in [0.717, 1.165) is 11.5 Å². The molecule has 50 valence electrons. The zero-order valence-corrected chi connectivity index (χ0v) is 5.26. The molecule has 0 aromatic rings. The molecular formula is C5H13N2O-. The van der Waals surface area contributed by atoms with Crippen molar-refractivity contribution in [3.05, 3.63) is 5.21 Å². The van der Waals surface area contributed by atoms with E-state index in [1.807, 2.05) is 6.92 Å². The first-order valence-electron chi connectivity index (χ1n) is 2.93. The smallest absolute Gasteiger partial charge is 0.00415 e. The van der Waals surface area contributed by atoms with Crippen molar-refractivity contribution in [1.29, 1.82) is 0 Å². The summed E-state index contributed by atoms with van der Waals surface area (Å²) in [5.41, 5.74) is 5.12. The van der Waals surface area contributed by atoms with E-state index in [9.17, 15) is 5.21 Å². The second-order valence-corrected chi connectivity index (χ2v) is 1.72. The van der Waals surface area contributed by atoms with Crippen LogP contribution in [0.5, 0.6) is 0 Å². The van der Waals surface area contributed by atoms with Crippen molar-refractivity contribution < 1.29 is 0 Å². The van der Waals surface area contributed by atoms with E-state index >= 15 is 0 Å². The van der Waals surface area contributed by atoms with Gasteiger partial charge in [-0.25, -0.2) is 0 Å². The van der Waals surface area contributed by atoms with Gasteiger partial charge in [-0.3, -0.25) is 0 Å². The Labute approximate surface area is 50.0 Å². The van der Waals surface area contributed by atoms with Crippen LogP contribution >= 0.6 is 0 Å². The Hall–Kier alpha value is -0.120. The fourth-order valence-corrected chi connectivity index (χ4v) is 0.505. The van der Waals surface area contributed by atoms with Crippen LogP contribution in [0.4, 0.5) is 0 Å². The predicted octanol–water partition coefficient (Wildman–Crippen LogP) is 0.155. The molecule has 0 aromatic carbocycles. The lowest BCUT2D eigenvalue weighted by Crippen LogP contribution is -2.24. The van der Waals surface area contributed by atoms with E-state index in [4.69, 9.17) is 5.73 Å². The predicted molar refractivity (Wildman–Crippen MR) is 34.3 cm³/mol. The van der Waals surface area contributed by atoms with Crippen LogP contribution in [-0.2, 0) is 0 Å². The molecule has 0 aromatic heterocycles. The van der Waals surface area contributed by atoms with E-state index < -0.39 is 0 Å². The summed E-state index contributed by atoms with van der Waals surface area (Å²) in [6.07, 6.45) is 0.906. The topological polar surface area (TPSA) is 52.3 Å². The van der Waals surface area contributed by atoms with E-state index in [0.29, 0.717) is 19.6 Å². The van der Waals surface area contributed by atoms with E-state index in [1.165, 1.54) is 0 Å². The molecule has 3 heteroatoms. The summed E-state index contributed by atoms with van der Waals surface area (Å²) < 4.78 is 0. The zero-order valence-electron chi connectivity index (χ0n) is 5.26. The Bertz CT molecular complexity index is 43.7. The maximum atomic E-state index is 10.5. The zero-order chi connectivity index (χ0) is 6.41. The van der Waals surface area contributed by atoms with E-state index in [1.54, 1.807) is 0 Å². The summed E-state index contributed by atoms with van der Waals surface area (Å²) in [5, 5.41) is 11.5. The van der Waals surface area contributed by atoms with Crippen molar-refractivity contribution in [2.24, 2.45) is 5.73 Å². The summed E-state index contributed by atoms with van der Waals surface area (Å²) >= 11 is 0. The largest absolute Gasteiger partial charge is 0.785 e. The van der Waals surface area contributed by atoms with Gasteiger partial charge in [0.2, 0.25) is 0 Å². The Morgan fingerprint density at radius 2 is 2.12 bits per heavy atom. The summed E-state index contributed by atoms with van der Waals surface area (Å²) in [6.45, 7) is 3.51. The Morgan fingerprint density at radius 1 is 1.50 bits per heavy atom. The fraction of sp³-hybridized carbons (Fsp3) is 1.00. The highest BCUT2D eigenvalue weighted by Crippen LogP contribution is 1.83. The first kappa shape index (κ1) is 7.88. The average molecular weight is 117 g/mol. The highest BCUT2D eigenvalue weighted by molar-refractivity contribution is 4.54. The summed E-state index contributed by atoms with van der Waals surface area (Å²) in [6, 6.07) is 0. The van der Waals surface area contributed by atoms with Crippen LogP contribution < -0.4 is 5.73 Å². The number of hydrogen-bond donors (Lipinski definition) is 1. The van der Waals surface area contributed by atoms with Gasteiger partial charge in [-0.1, -0.05) is 6.92 Å². The van der Waals surface area contributed by atoms with Crippen LogP contribution in [0.1, 0.15) is 13.3 Å². The minimum atomic E-state index is 0.462. The fourth-order valence-electron chi connectivity index (χ4n) is 0.505. The van der Waals surface area contributed by atoms with Crippen molar-refractivity contribution in [2.45, 2.75) is 13.3 Å². The first-order valence-corrected chi connectivity index (χ1v) is 2.93. The molecule has 3 nitrogen and oxygen atoms in total. The summed E-state index contributed by atoms with van der Waals surface area (Å²) in [7, 11) is 0. The number of hydroxylamine groups is 2. The number of hydrogen-bond acceptors (Lipinski definition) is 3. The van der Waals surface area contributed by atoms with Crippen LogP contribution in [0.25, 0.3) is 0 Å². The Balaban J connectivity index is 2.92. The number of rotatable bonds is 4. The molecule has 0 bridgehead atoms. The minimum absolute atomic E-state index is 0.462. The molecule has 0 unspecified atom stereocenters. The van der Waals surface area contributed by atoms with Gasteiger partial charge in [0.25, 0.3) is 0 Å². The third-order valence-corrected chi connectivity index (χ3v) is 0.852. The molecule has 2 N–H and O–H groups in total. The lowest BCUT2D eigenvalue weighted by Gasteiger charge is -2.26. The van der Waals surface area contributed by atoms with Gasteiger partial charge < -0.3 is 16.0 Å². The third kappa shape index (κ3) is 4.05. The molecule has 0 rings (SSSR count). The SMILES string of the molecule is CCCN([O-])CCN. The lowest BCUT2D eigenvalue weighted by atomic mass is 10.4. The standard InChI is InChI=1S/C5H13N2O/c1-2-4-7(8)5-3-6/h2-6H2,1H3/q-1. The number of nitrogens with two attached hydrogens (primary N) is 1. The highest BCUT2D eigenvalue weighted by atomic mass is 16.5. The second-order valence-electron chi connectivity index (χ2n) is 1.72. The molecule has 0 amide bonds. The molecule has 8 heavy (non-hydrogen) atoms. The molecule has 0 heterocycles. The third-order valence-electron chi connectivity index (χ3n) is 0.852. The van der Waals surface area contributed by atoms with Gasteiger partial charge in [-0.2, -0.15) is 0 Å². The average Bonchev–Trinajstić information content (AvgIpc) is 1.68. The maximum absolute atomic E-state index is 10.5. The highest BCUT2D eigenvalue weighted by Gasteiger charge is 1.83. The lowest BCUT2D eigenvalue weighted by molar-refractivity contribution is 0.387. The van der Waals surface area contributed by atoms with Crippen LogP contribution in [0.2, 0.25) is 0 Å². The van der Waals surface area contributed by atoms with Crippen LogP contribution in [0, 0.1) is 5.21 Å². The van der Waals surface area contributed by atoms with Gasteiger partial charge in [0, 0.05) is 6.54 Å². The monoisotopic (exact) mass is 117 g/mol. The van der Waals surface area contributed by atoms with Crippen LogP contribution in [-0.4, -0.2) is 24.7 Å². The van der Waals surface area contributed by atoms with E-state index in [2.05, 4.69) is 0 Å². The molecule has 0 fully saturated rings. The molecule has 0 radical (unpaired) electrons. The van der Waals surface area contributed by atoms with Crippen molar-refractivity contribution in [2.75, 3.05) is 19.6 Å². The molecule has 0 saturated carbocycles. The van der Waals surface area contributed by atoms with Crippen molar-refractivity contribution >= 4 is 0 Å². The Kier molecular flexibility index (Phi) is 4.95. The van der Waals surface area contributed by atoms with Crippen molar-refractivity contribution in [3.63, 3.8) is 0 Å². The van der Waals surface area contributed by atoms with Crippen molar-refractivity contribution in [3.8, 4) is 0 Å². The normalized spacial score (nSPS) is 10.5. The van der Waals surface area contributed by atoms with Crippen molar-refractivity contribution in [1.82, 2.24) is 5.06 Å². The Morgan fingerprint density at radius 3 is 2.50 bits per heavy atom. The van der Waals surface area contributed by atoms with Gasteiger partial charge in [0.15, 0.2) is 0 Å². The summed E-state index contributed by atoms with van der Waals surface area (Å²) in [4.78, 5) is 0. The molecular weight excluding hydrogens is 104 g/mol. The molecule has 0 aliphatic carbocycles. The second kappa shape index (κ2) is 5.03.